The molecule has 2 rings (SSSR count). The van der Waals surface area contributed by atoms with Gasteiger partial charge in [-0.2, -0.15) is 0 Å². The molecule has 0 saturated carbocycles. The zero-order valence-electron chi connectivity index (χ0n) is 13.5. The molecule has 1 aliphatic rings. The van der Waals surface area contributed by atoms with Gasteiger partial charge in [0.1, 0.15) is 0 Å². The van der Waals surface area contributed by atoms with Gasteiger partial charge in [-0.3, -0.25) is 0 Å². The van der Waals surface area contributed by atoms with E-state index >= 15 is 0 Å². The zero-order chi connectivity index (χ0) is 14.7. The number of nitrogens with zero attached hydrogens (tertiary/aromatic N) is 3. The smallest absolute Gasteiger partial charge is 0.226 e. The van der Waals surface area contributed by atoms with Gasteiger partial charge in [0.25, 0.3) is 0 Å². The molecule has 0 aliphatic carbocycles. The molecule has 4 nitrogen and oxygen atoms in total. The highest BCUT2D eigenvalue weighted by atomic mass is 15.3. The summed E-state index contributed by atoms with van der Waals surface area (Å²) < 4.78 is 0. The van der Waals surface area contributed by atoms with E-state index in [9.17, 15) is 0 Å². The molecule has 1 aromatic rings. The summed E-state index contributed by atoms with van der Waals surface area (Å²) in [6.07, 6.45) is 3.76. The maximum atomic E-state index is 4.81. The summed E-state index contributed by atoms with van der Waals surface area (Å²) in [4.78, 5) is 11.9. The molecule has 0 radical (unpaired) electrons. The van der Waals surface area contributed by atoms with E-state index in [2.05, 4.69) is 44.0 Å². The van der Waals surface area contributed by atoms with Crippen molar-refractivity contribution in [3.05, 3.63) is 17.5 Å². The number of rotatable bonds is 4. The Bertz CT molecular complexity index is 444. The third-order valence-electron chi connectivity index (χ3n) is 4.29. The highest BCUT2D eigenvalue weighted by Crippen LogP contribution is 2.25. The minimum atomic E-state index is 0.445. The standard InChI is InChI=1S/C16H28N4/c1-11(2)14-10-12(3)18-16(19-14)20-9-7-6-8-15(20)13(4)17-5/h10-11,13,15,17H,6-9H2,1-5H3. The minimum Gasteiger partial charge on any atom is -0.336 e. The summed E-state index contributed by atoms with van der Waals surface area (Å²) in [7, 11) is 2.04. The predicted octanol–water partition coefficient (Wildman–Crippen LogP) is 2.88. The van der Waals surface area contributed by atoms with E-state index in [1.807, 2.05) is 7.05 Å². The van der Waals surface area contributed by atoms with Gasteiger partial charge in [-0.15, -0.1) is 0 Å². The number of hydrogen-bond acceptors (Lipinski definition) is 4. The molecule has 1 fully saturated rings. The molecule has 2 unspecified atom stereocenters. The van der Waals surface area contributed by atoms with Crippen LogP contribution in [0.1, 0.15) is 57.3 Å². The predicted molar refractivity (Wildman–Crippen MR) is 84.4 cm³/mol. The van der Waals surface area contributed by atoms with Gasteiger partial charge in [0.15, 0.2) is 0 Å². The molecule has 1 saturated heterocycles. The van der Waals surface area contributed by atoms with Crippen LogP contribution in [0.3, 0.4) is 0 Å². The van der Waals surface area contributed by atoms with E-state index in [-0.39, 0.29) is 0 Å². The van der Waals surface area contributed by atoms with Crippen molar-refractivity contribution in [2.45, 2.75) is 65.0 Å². The molecule has 20 heavy (non-hydrogen) atoms. The quantitative estimate of drug-likeness (QED) is 0.918. The second-order valence-electron chi connectivity index (χ2n) is 6.22. The number of nitrogens with one attached hydrogen (secondary N) is 1. The van der Waals surface area contributed by atoms with Crippen LogP contribution in [-0.2, 0) is 0 Å². The molecular weight excluding hydrogens is 248 g/mol. The van der Waals surface area contributed by atoms with Gasteiger partial charge in [0, 0.05) is 30.0 Å². The SMILES string of the molecule is CNC(C)C1CCCCN1c1nc(C)cc(C(C)C)n1. The molecule has 2 heterocycles. The van der Waals surface area contributed by atoms with Crippen LogP contribution in [0.15, 0.2) is 6.07 Å². The number of likely N-dealkylation sites (N-methyl/N-ethyl adjacent to an activating group) is 1. The largest absolute Gasteiger partial charge is 0.336 e. The van der Waals surface area contributed by atoms with Crippen LogP contribution >= 0.6 is 0 Å². The van der Waals surface area contributed by atoms with Gasteiger partial charge in [-0.25, -0.2) is 9.97 Å². The van der Waals surface area contributed by atoms with Crippen LogP contribution in [0, 0.1) is 6.92 Å². The van der Waals surface area contributed by atoms with Crippen molar-refractivity contribution in [1.82, 2.24) is 15.3 Å². The first-order valence-corrected chi connectivity index (χ1v) is 7.82. The normalized spacial score (nSPS) is 21.3. The molecule has 2 atom stereocenters. The first-order chi connectivity index (χ1) is 9.52. The molecule has 4 heteroatoms. The zero-order valence-corrected chi connectivity index (χ0v) is 13.5. The Balaban J connectivity index is 2.32. The number of piperidine rings is 1. The lowest BCUT2D eigenvalue weighted by molar-refractivity contribution is 0.377. The van der Waals surface area contributed by atoms with Crippen LogP contribution in [0.2, 0.25) is 0 Å². The van der Waals surface area contributed by atoms with Crippen LogP contribution < -0.4 is 10.2 Å². The van der Waals surface area contributed by atoms with Crippen LogP contribution in [0.4, 0.5) is 5.95 Å². The number of hydrogen-bond donors (Lipinski definition) is 1. The van der Waals surface area contributed by atoms with Crippen LogP contribution in [0.25, 0.3) is 0 Å². The lowest BCUT2D eigenvalue weighted by Gasteiger charge is -2.39. The van der Waals surface area contributed by atoms with Crippen LogP contribution in [0.5, 0.6) is 0 Å². The maximum Gasteiger partial charge on any atom is 0.226 e. The summed E-state index contributed by atoms with van der Waals surface area (Å²) in [5, 5.41) is 3.39. The number of aromatic nitrogens is 2. The van der Waals surface area contributed by atoms with Gasteiger partial charge in [-0.05, 0) is 52.1 Å². The summed E-state index contributed by atoms with van der Waals surface area (Å²) >= 11 is 0. The molecule has 0 aromatic carbocycles. The summed E-state index contributed by atoms with van der Waals surface area (Å²) in [5.41, 5.74) is 2.22. The lowest BCUT2D eigenvalue weighted by atomic mass is 9.97. The summed E-state index contributed by atoms with van der Waals surface area (Å²) in [5.74, 6) is 1.36. The third-order valence-corrected chi connectivity index (χ3v) is 4.29. The van der Waals surface area contributed by atoms with E-state index < -0.39 is 0 Å². The summed E-state index contributed by atoms with van der Waals surface area (Å²) in [6, 6.07) is 3.06. The van der Waals surface area contributed by atoms with Gasteiger partial charge >= 0.3 is 0 Å². The van der Waals surface area contributed by atoms with E-state index in [4.69, 9.17) is 9.97 Å². The monoisotopic (exact) mass is 276 g/mol. The number of aryl methyl sites for hydroxylation is 1. The Kier molecular flexibility index (Phi) is 4.97. The Labute approximate surface area is 123 Å². The fourth-order valence-corrected chi connectivity index (χ4v) is 2.92. The molecule has 0 spiro atoms. The average Bonchev–Trinajstić information content (AvgIpc) is 2.45. The van der Waals surface area contributed by atoms with Gasteiger partial charge in [0.05, 0.1) is 0 Å². The van der Waals surface area contributed by atoms with Crippen molar-refractivity contribution >= 4 is 5.95 Å². The fourth-order valence-electron chi connectivity index (χ4n) is 2.92. The maximum absolute atomic E-state index is 4.81. The van der Waals surface area contributed by atoms with Gasteiger partial charge in [-0.1, -0.05) is 13.8 Å². The van der Waals surface area contributed by atoms with E-state index in [1.165, 1.54) is 19.3 Å². The minimum absolute atomic E-state index is 0.445. The van der Waals surface area contributed by atoms with Gasteiger partial charge in [0.2, 0.25) is 5.95 Å². The molecule has 1 aliphatic heterocycles. The van der Waals surface area contributed by atoms with Crippen LogP contribution in [-0.4, -0.2) is 35.6 Å². The molecule has 0 amide bonds. The highest BCUT2D eigenvalue weighted by Gasteiger charge is 2.28. The van der Waals surface area contributed by atoms with Crippen molar-refractivity contribution in [2.75, 3.05) is 18.5 Å². The van der Waals surface area contributed by atoms with Crippen molar-refractivity contribution < 1.29 is 0 Å². The Hall–Kier alpha value is -1.16. The number of anilines is 1. The lowest BCUT2D eigenvalue weighted by Crippen LogP contribution is -2.51. The van der Waals surface area contributed by atoms with E-state index in [0.717, 1.165) is 23.9 Å². The van der Waals surface area contributed by atoms with E-state index in [0.29, 0.717) is 18.0 Å². The van der Waals surface area contributed by atoms with Gasteiger partial charge < -0.3 is 10.2 Å². The highest BCUT2D eigenvalue weighted by molar-refractivity contribution is 5.36. The van der Waals surface area contributed by atoms with Crippen molar-refractivity contribution in [1.29, 1.82) is 0 Å². The Morgan fingerprint density at radius 2 is 2.00 bits per heavy atom. The average molecular weight is 276 g/mol. The van der Waals surface area contributed by atoms with Crippen molar-refractivity contribution in [3.63, 3.8) is 0 Å². The molecule has 0 bridgehead atoms. The van der Waals surface area contributed by atoms with Crippen molar-refractivity contribution in [2.24, 2.45) is 0 Å². The Morgan fingerprint density at radius 3 is 2.65 bits per heavy atom. The second-order valence-corrected chi connectivity index (χ2v) is 6.22. The molecule has 1 N–H and O–H groups in total. The molecular formula is C16H28N4. The van der Waals surface area contributed by atoms with E-state index in [1.54, 1.807) is 0 Å². The molecule has 112 valence electrons. The third kappa shape index (κ3) is 3.29. The molecule has 1 aromatic heterocycles. The topological polar surface area (TPSA) is 41.0 Å². The van der Waals surface area contributed by atoms with Crippen molar-refractivity contribution in [3.8, 4) is 0 Å². The first kappa shape index (κ1) is 15.2. The summed E-state index contributed by atoms with van der Waals surface area (Å²) in [6.45, 7) is 9.77. The second kappa shape index (κ2) is 6.53. The fraction of sp³-hybridized carbons (Fsp3) is 0.750. The first-order valence-electron chi connectivity index (χ1n) is 7.82. The Morgan fingerprint density at radius 1 is 1.25 bits per heavy atom.